The molecule has 320 valence electrons. The number of hydrogen-bond donors (Lipinski definition) is 3. The second kappa shape index (κ2) is 16.2. The molecule has 0 radical (unpaired) electrons. The maximum atomic E-state index is 13.9. The molecule has 2 saturated heterocycles. The lowest BCUT2D eigenvalue weighted by Gasteiger charge is -2.54. The van der Waals surface area contributed by atoms with Crippen molar-refractivity contribution in [2.24, 2.45) is 17.3 Å². The Morgan fingerprint density at radius 1 is 0.934 bits per heavy atom. The number of piperidine rings is 1. The molecule has 5 aliphatic rings. The predicted molar refractivity (Wildman–Crippen MR) is 225 cm³/mol. The molecule has 2 saturated carbocycles. The van der Waals surface area contributed by atoms with Crippen LogP contribution >= 0.6 is 11.3 Å². The van der Waals surface area contributed by atoms with Crippen LogP contribution in [0.15, 0.2) is 48.5 Å². The largest absolute Gasteiger partial charge is 0.494 e. The highest BCUT2D eigenvalue weighted by Gasteiger charge is 2.47. The summed E-state index contributed by atoms with van der Waals surface area (Å²) in [5.74, 6) is -3.85. The molecule has 61 heavy (non-hydrogen) atoms. The first-order valence-electron chi connectivity index (χ1n) is 21.2. The molecule has 5 amide bonds. The third-order valence-corrected chi connectivity index (χ3v) is 14.6. The van der Waals surface area contributed by atoms with Gasteiger partial charge in [0, 0.05) is 57.2 Å². The normalized spacial score (nSPS) is 23.2. The van der Waals surface area contributed by atoms with Crippen molar-refractivity contribution in [1.29, 1.82) is 0 Å². The topological polar surface area (TPSA) is 163 Å². The van der Waals surface area contributed by atoms with Gasteiger partial charge in [-0.05, 0) is 105 Å². The number of hydrogen-bond acceptors (Lipinski definition) is 11. The van der Waals surface area contributed by atoms with E-state index < -0.39 is 47.2 Å². The summed E-state index contributed by atoms with van der Waals surface area (Å²) >= 11 is 1.62. The third-order valence-electron chi connectivity index (χ3n) is 13.5. The van der Waals surface area contributed by atoms with Crippen LogP contribution in [0, 0.1) is 17.3 Å². The molecule has 5 heterocycles. The van der Waals surface area contributed by atoms with E-state index in [9.17, 15) is 32.8 Å². The first-order chi connectivity index (χ1) is 29.3. The summed E-state index contributed by atoms with van der Waals surface area (Å²) in [6, 6.07) is 11.9. The Labute approximate surface area is 356 Å². The fourth-order valence-corrected chi connectivity index (χ4v) is 11.3. The molecule has 1 atom stereocenters. The zero-order valence-corrected chi connectivity index (χ0v) is 35.0. The van der Waals surface area contributed by atoms with E-state index in [0.29, 0.717) is 52.4 Å². The van der Waals surface area contributed by atoms with Gasteiger partial charge in [0.05, 0.1) is 39.1 Å². The van der Waals surface area contributed by atoms with Crippen molar-refractivity contribution < 1.29 is 37.5 Å². The standard InChI is InChI=1S/C45H49F2N7O6S/c1-44(46,47)36-8-4-7-30(49-36)39(56)50-31-20-35-32(19-34(31)60-2)51-41(61-35)27-11-9-26(10-12-27)22-53-23-45(24-53)17-15-25(16-18-45)21-48-29-6-3-5-28-38(29)43(59)54(42(28)58)33-13-14-37(55)52-40(33)57/h3-8,19-20,25-27,33,48H,9-18,21-24H2,1-2H3,(H,50,56)(H,52,55,57)/t26-,27-,33?. The number of imide groups is 2. The number of fused-ring (bicyclic) bond motifs is 2. The summed E-state index contributed by atoms with van der Waals surface area (Å²) in [7, 11) is 1.51. The van der Waals surface area contributed by atoms with Crippen molar-refractivity contribution in [2.75, 3.05) is 43.9 Å². The van der Waals surface area contributed by atoms with Crippen LogP contribution in [0.5, 0.6) is 5.75 Å². The van der Waals surface area contributed by atoms with Crippen LogP contribution in [-0.4, -0.2) is 88.6 Å². The number of alkyl halides is 2. The minimum absolute atomic E-state index is 0.0857. The number of amides is 5. The molecule has 2 aromatic heterocycles. The quantitative estimate of drug-likeness (QED) is 0.130. The van der Waals surface area contributed by atoms with E-state index in [2.05, 4.69) is 25.8 Å². The molecule has 1 unspecified atom stereocenters. The molecule has 13 nitrogen and oxygen atoms in total. The molecular formula is C45H49F2N7O6S. The van der Waals surface area contributed by atoms with Crippen molar-refractivity contribution in [3.05, 3.63) is 76.1 Å². The summed E-state index contributed by atoms with van der Waals surface area (Å²) in [6.45, 7) is 4.85. The Balaban J connectivity index is 0.732. The number of anilines is 2. The SMILES string of the molecule is COc1cc2nc([C@H]3CC[C@H](CN4CC5(CCC(CNc6cccc7c6C(=O)N(C6CCC(=O)NC6=O)C7=O)CC5)C4)CC3)sc2cc1NC(=O)c1cccc(C(C)(F)F)n1. The second-order valence-corrected chi connectivity index (χ2v) is 18.8. The maximum Gasteiger partial charge on any atom is 0.287 e. The second-order valence-electron chi connectivity index (χ2n) is 17.7. The van der Waals surface area contributed by atoms with Gasteiger partial charge in [-0.3, -0.25) is 34.2 Å². The lowest BCUT2D eigenvalue weighted by atomic mass is 9.65. The average Bonchev–Trinajstić information content (AvgIpc) is 3.76. The molecule has 3 N–H and O–H groups in total. The highest BCUT2D eigenvalue weighted by atomic mass is 32.1. The fraction of sp³-hybridized carbons (Fsp3) is 0.489. The molecular weight excluding hydrogens is 805 g/mol. The fourth-order valence-electron chi connectivity index (χ4n) is 10.1. The first-order valence-corrected chi connectivity index (χ1v) is 22.0. The van der Waals surface area contributed by atoms with Crippen molar-refractivity contribution in [3.8, 4) is 5.75 Å². The number of aromatic nitrogens is 2. The molecule has 2 aromatic carbocycles. The van der Waals surface area contributed by atoms with Crippen LogP contribution in [0.25, 0.3) is 10.2 Å². The van der Waals surface area contributed by atoms with Gasteiger partial charge in [-0.15, -0.1) is 11.3 Å². The number of ether oxygens (including phenoxy) is 1. The Morgan fingerprint density at radius 3 is 2.41 bits per heavy atom. The van der Waals surface area contributed by atoms with Gasteiger partial charge in [0.1, 0.15) is 23.2 Å². The molecule has 9 rings (SSSR count). The minimum Gasteiger partial charge on any atom is -0.494 e. The van der Waals surface area contributed by atoms with Crippen LogP contribution in [0.3, 0.4) is 0 Å². The van der Waals surface area contributed by atoms with E-state index in [1.165, 1.54) is 38.2 Å². The van der Waals surface area contributed by atoms with Crippen LogP contribution in [0.2, 0.25) is 0 Å². The van der Waals surface area contributed by atoms with Crippen LogP contribution in [0.4, 0.5) is 20.2 Å². The number of thiazole rings is 1. The molecule has 4 fully saturated rings. The van der Waals surface area contributed by atoms with Crippen LogP contribution in [-0.2, 0) is 15.5 Å². The van der Waals surface area contributed by atoms with Gasteiger partial charge in [0.15, 0.2) is 0 Å². The number of carbonyl (C=O) groups is 5. The number of carbonyl (C=O) groups excluding carboxylic acids is 5. The van der Waals surface area contributed by atoms with Gasteiger partial charge in [-0.25, -0.2) is 9.97 Å². The van der Waals surface area contributed by atoms with Crippen molar-refractivity contribution in [1.82, 2.24) is 25.1 Å². The van der Waals surface area contributed by atoms with Crippen molar-refractivity contribution >= 4 is 62.5 Å². The predicted octanol–water partition coefficient (Wildman–Crippen LogP) is 7.34. The minimum atomic E-state index is -3.16. The highest BCUT2D eigenvalue weighted by molar-refractivity contribution is 7.18. The third kappa shape index (κ3) is 8.11. The van der Waals surface area contributed by atoms with Crippen LogP contribution in [0.1, 0.15) is 119 Å². The summed E-state index contributed by atoms with van der Waals surface area (Å²) in [6.07, 6.45) is 9.20. The number of pyridine rings is 1. The Morgan fingerprint density at radius 2 is 1.69 bits per heavy atom. The summed E-state index contributed by atoms with van der Waals surface area (Å²) in [4.78, 5) is 76.5. The zero-order valence-electron chi connectivity index (χ0n) is 34.2. The molecule has 0 bridgehead atoms. The van der Waals surface area contributed by atoms with Gasteiger partial charge >= 0.3 is 0 Å². The molecule has 2 aliphatic carbocycles. The Bertz CT molecular complexity index is 2410. The number of likely N-dealkylation sites (tertiary alicyclic amines) is 1. The highest BCUT2D eigenvalue weighted by Crippen LogP contribution is 2.47. The van der Waals surface area contributed by atoms with E-state index in [0.717, 1.165) is 85.2 Å². The van der Waals surface area contributed by atoms with Gasteiger partial charge in [-0.1, -0.05) is 12.1 Å². The van der Waals surface area contributed by atoms with E-state index in [4.69, 9.17) is 9.72 Å². The number of methoxy groups -OCH3 is 1. The monoisotopic (exact) mass is 853 g/mol. The smallest absolute Gasteiger partial charge is 0.287 e. The lowest BCUT2D eigenvalue weighted by Crippen LogP contribution is -2.58. The summed E-state index contributed by atoms with van der Waals surface area (Å²) in [5.41, 5.74) is 2.23. The van der Waals surface area contributed by atoms with Crippen LogP contribution < -0.4 is 20.7 Å². The Kier molecular flexibility index (Phi) is 10.9. The van der Waals surface area contributed by atoms with Gasteiger partial charge in [0.2, 0.25) is 11.8 Å². The number of nitrogens with zero attached hydrogens (tertiary/aromatic N) is 4. The number of halogens is 2. The van der Waals surface area contributed by atoms with Crippen molar-refractivity contribution in [2.45, 2.75) is 89.0 Å². The summed E-state index contributed by atoms with van der Waals surface area (Å²) < 4.78 is 34.2. The number of rotatable bonds is 11. The number of nitrogens with one attached hydrogen (secondary N) is 3. The van der Waals surface area contributed by atoms with Crippen molar-refractivity contribution in [3.63, 3.8) is 0 Å². The lowest BCUT2D eigenvalue weighted by molar-refractivity contribution is -0.136. The zero-order chi connectivity index (χ0) is 42.6. The van der Waals surface area contributed by atoms with E-state index in [-0.39, 0.29) is 24.1 Å². The molecule has 3 aliphatic heterocycles. The van der Waals surface area contributed by atoms with Gasteiger partial charge < -0.3 is 20.3 Å². The van der Waals surface area contributed by atoms with Gasteiger partial charge in [-0.2, -0.15) is 8.78 Å². The van der Waals surface area contributed by atoms with Gasteiger partial charge in [0.25, 0.3) is 23.6 Å². The molecule has 4 aromatic rings. The Hall–Kier alpha value is -5.35. The first kappa shape index (κ1) is 41.0. The van der Waals surface area contributed by atoms with E-state index in [1.807, 2.05) is 18.2 Å². The molecule has 1 spiro atoms. The number of benzene rings is 2. The maximum absolute atomic E-state index is 13.9. The molecule has 16 heteroatoms. The van der Waals surface area contributed by atoms with E-state index >= 15 is 0 Å². The average molecular weight is 854 g/mol. The summed E-state index contributed by atoms with van der Waals surface area (Å²) in [5, 5.41) is 9.60. The van der Waals surface area contributed by atoms with E-state index in [1.54, 1.807) is 23.5 Å².